The monoisotopic (exact) mass is 245 g/mol. The lowest BCUT2D eigenvalue weighted by molar-refractivity contribution is -0.139. The molecule has 0 saturated carbocycles. The van der Waals surface area contributed by atoms with Crippen molar-refractivity contribution in [2.75, 3.05) is 13.7 Å². The van der Waals surface area contributed by atoms with Crippen LogP contribution in [0.3, 0.4) is 0 Å². The zero-order chi connectivity index (χ0) is 12.1. The molecule has 1 aromatic rings. The number of halogens is 1. The average molecular weight is 246 g/mol. The molecule has 0 fully saturated rings. The third-order valence-corrected chi connectivity index (χ3v) is 1.83. The first kappa shape index (κ1) is 12.3. The van der Waals surface area contributed by atoms with Crippen LogP contribution in [0.1, 0.15) is 10.5 Å². The van der Waals surface area contributed by atoms with Gasteiger partial charge in [-0.25, -0.2) is 14.6 Å². The number of nitrogens with zero attached hydrogens (tertiary/aromatic N) is 1. The number of ether oxygens (including phenoxy) is 2. The molecule has 0 radical (unpaired) electrons. The molecule has 1 N–H and O–H groups in total. The SMILES string of the molecule is COC(=O)c1ccc(OCC(=O)O)c(Cl)n1. The molecule has 0 atom stereocenters. The smallest absolute Gasteiger partial charge is 0.356 e. The van der Waals surface area contributed by atoms with E-state index in [2.05, 4.69) is 9.72 Å². The predicted octanol–water partition coefficient (Wildman–Crippen LogP) is 0.985. The summed E-state index contributed by atoms with van der Waals surface area (Å²) in [5.41, 5.74) is 0.0233. The number of carbonyl (C=O) groups excluding carboxylic acids is 1. The largest absolute Gasteiger partial charge is 0.479 e. The van der Waals surface area contributed by atoms with E-state index >= 15 is 0 Å². The normalized spacial score (nSPS) is 9.62. The number of pyridine rings is 1. The van der Waals surface area contributed by atoms with Crippen LogP contribution >= 0.6 is 11.6 Å². The third-order valence-electron chi connectivity index (χ3n) is 1.56. The Morgan fingerprint density at radius 3 is 2.69 bits per heavy atom. The Bertz CT molecular complexity index is 420. The molecule has 0 saturated heterocycles. The van der Waals surface area contributed by atoms with Crippen LogP contribution in [0.15, 0.2) is 12.1 Å². The van der Waals surface area contributed by atoms with Gasteiger partial charge < -0.3 is 14.6 Å². The molecule has 1 heterocycles. The molecule has 0 amide bonds. The molecule has 16 heavy (non-hydrogen) atoms. The molecule has 0 aliphatic carbocycles. The molecule has 0 spiro atoms. The molecule has 7 heteroatoms. The maximum absolute atomic E-state index is 11.1. The van der Waals surface area contributed by atoms with Crippen molar-refractivity contribution in [3.63, 3.8) is 0 Å². The maximum Gasteiger partial charge on any atom is 0.356 e. The summed E-state index contributed by atoms with van der Waals surface area (Å²) in [6.45, 7) is -0.529. The van der Waals surface area contributed by atoms with Crippen LogP contribution in [-0.4, -0.2) is 35.7 Å². The summed E-state index contributed by atoms with van der Waals surface area (Å²) < 4.78 is 9.25. The standard InChI is InChI=1S/C9H8ClNO5/c1-15-9(14)5-2-3-6(8(10)11-5)16-4-7(12)13/h2-3H,4H2,1H3,(H,12,13). The summed E-state index contributed by atoms with van der Waals surface area (Å²) in [6.07, 6.45) is 0. The van der Waals surface area contributed by atoms with Gasteiger partial charge in [0.05, 0.1) is 7.11 Å². The van der Waals surface area contributed by atoms with Crippen molar-refractivity contribution in [3.05, 3.63) is 23.0 Å². The topological polar surface area (TPSA) is 85.7 Å². The molecule has 0 aliphatic heterocycles. The van der Waals surface area contributed by atoms with E-state index in [4.69, 9.17) is 21.4 Å². The number of hydrogen-bond acceptors (Lipinski definition) is 5. The highest BCUT2D eigenvalue weighted by atomic mass is 35.5. The summed E-state index contributed by atoms with van der Waals surface area (Å²) in [4.78, 5) is 25.0. The Balaban J connectivity index is 2.83. The van der Waals surface area contributed by atoms with Crippen LogP contribution in [0.4, 0.5) is 0 Å². The summed E-state index contributed by atoms with van der Waals surface area (Å²) in [6, 6.07) is 2.68. The van der Waals surface area contributed by atoms with E-state index in [-0.39, 0.29) is 16.6 Å². The summed E-state index contributed by atoms with van der Waals surface area (Å²) >= 11 is 5.68. The third kappa shape index (κ3) is 3.09. The van der Waals surface area contributed by atoms with Gasteiger partial charge in [0.25, 0.3) is 0 Å². The quantitative estimate of drug-likeness (QED) is 0.629. The van der Waals surface area contributed by atoms with Gasteiger partial charge in [0.2, 0.25) is 0 Å². The molecule has 1 aromatic heterocycles. The number of aliphatic carboxylic acids is 1. The number of carbonyl (C=O) groups is 2. The zero-order valence-corrected chi connectivity index (χ0v) is 9.02. The minimum absolute atomic E-state index is 0.0233. The fraction of sp³-hybridized carbons (Fsp3) is 0.222. The molecule has 0 aliphatic rings. The molecular weight excluding hydrogens is 238 g/mol. The van der Waals surface area contributed by atoms with Gasteiger partial charge in [-0.1, -0.05) is 11.6 Å². The lowest BCUT2D eigenvalue weighted by atomic mass is 10.3. The van der Waals surface area contributed by atoms with E-state index < -0.39 is 18.5 Å². The number of carboxylic acids is 1. The van der Waals surface area contributed by atoms with E-state index in [0.717, 1.165) is 0 Å². The predicted molar refractivity (Wildman–Crippen MR) is 53.7 cm³/mol. The first-order valence-corrected chi connectivity index (χ1v) is 4.52. The molecule has 86 valence electrons. The number of methoxy groups -OCH3 is 1. The van der Waals surface area contributed by atoms with Crippen LogP contribution in [0, 0.1) is 0 Å². The van der Waals surface area contributed by atoms with Gasteiger partial charge in [-0.15, -0.1) is 0 Å². The van der Waals surface area contributed by atoms with Crippen molar-refractivity contribution >= 4 is 23.5 Å². The number of rotatable bonds is 4. The summed E-state index contributed by atoms with van der Waals surface area (Å²) in [5, 5.41) is 8.29. The first-order chi connectivity index (χ1) is 7.54. The Morgan fingerprint density at radius 2 is 2.19 bits per heavy atom. The fourth-order valence-corrected chi connectivity index (χ4v) is 1.10. The van der Waals surface area contributed by atoms with E-state index in [1.54, 1.807) is 0 Å². The Kier molecular flexibility index (Phi) is 4.07. The van der Waals surface area contributed by atoms with Crippen LogP contribution in [0.25, 0.3) is 0 Å². The van der Waals surface area contributed by atoms with Crippen LogP contribution in [0.2, 0.25) is 5.15 Å². The highest BCUT2D eigenvalue weighted by molar-refractivity contribution is 6.31. The highest BCUT2D eigenvalue weighted by Gasteiger charge is 2.11. The van der Waals surface area contributed by atoms with Gasteiger partial charge in [-0.2, -0.15) is 0 Å². The van der Waals surface area contributed by atoms with E-state index in [9.17, 15) is 9.59 Å². The maximum atomic E-state index is 11.1. The molecule has 0 aromatic carbocycles. The van der Waals surface area contributed by atoms with Gasteiger partial charge in [0.15, 0.2) is 17.5 Å². The number of carboxylic acid groups (broad SMARTS) is 1. The molecule has 1 rings (SSSR count). The van der Waals surface area contributed by atoms with Crippen LogP contribution in [-0.2, 0) is 9.53 Å². The van der Waals surface area contributed by atoms with E-state index in [1.165, 1.54) is 19.2 Å². The van der Waals surface area contributed by atoms with Gasteiger partial charge in [-0.05, 0) is 12.1 Å². The second-order valence-corrected chi connectivity index (χ2v) is 3.02. The van der Waals surface area contributed by atoms with Crippen LogP contribution < -0.4 is 4.74 Å². The van der Waals surface area contributed by atoms with Crippen molar-refractivity contribution in [2.24, 2.45) is 0 Å². The first-order valence-electron chi connectivity index (χ1n) is 4.14. The van der Waals surface area contributed by atoms with Crippen molar-refractivity contribution in [1.29, 1.82) is 0 Å². The van der Waals surface area contributed by atoms with E-state index in [1.807, 2.05) is 0 Å². The number of hydrogen-bond donors (Lipinski definition) is 1. The van der Waals surface area contributed by atoms with E-state index in [0.29, 0.717) is 0 Å². The molecular formula is C9H8ClNO5. The zero-order valence-electron chi connectivity index (χ0n) is 8.27. The summed E-state index contributed by atoms with van der Waals surface area (Å²) in [7, 11) is 1.22. The van der Waals surface area contributed by atoms with Crippen molar-refractivity contribution < 1.29 is 24.2 Å². The molecule has 0 unspecified atom stereocenters. The second kappa shape index (κ2) is 5.32. The Morgan fingerprint density at radius 1 is 1.50 bits per heavy atom. The number of aromatic nitrogens is 1. The Hall–Kier alpha value is -1.82. The summed E-state index contributed by atoms with van der Waals surface area (Å²) in [5.74, 6) is -1.67. The minimum Gasteiger partial charge on any atom is -0.479 e. The highest BCUT2D eigenvalue weighted by Crippen LogP contribution is 2.22. The lowest BCUT2D eigenvalue weighted by Gasteiger charge is -2.05. The fourth-order valence-electron chi connectivity index (χ4n) is 0.887. The van der Waals surface area contributed by atoms with Gasteiger partial charge >= 0.3 is 11.9 Å². The van der Waals surface area contributed by atoms with Gasteiger partial charge in [0, 0.05) is 0 Å². The molecule has 6 nitrogen and oxygen atoms in total. The van der Waals surface area contributed by atoms with Gasteiger partial charge in [-0.3, -0.25) is 0 Å². The lowest BCUT2D eigenvalue weighted by Crippen LogP contribution is -2.11. The average Bonchev–Trinajstić information content (AvgIpc) is 2.26. The van der Waals surface area contributed by atoms with Crippen molar-refractivity contribution in [3.8, 4) is 5.75 Å². The van der Waals surface area contributed by atoms with Gasteiger partial charge in [0.1, 0.15) is 5.69 Å². The Labute approximate surface area is 95.8 Å². The second-order valence-electron chi connectivity index (χ2n) is 2.66. The molecule has 0 bridgehead atoms. The van der Waals surface area contributed by atoms with Crippen LogP contribution in [0.5, 0.6) is 5.75 Å². The number of esters is 1. The van der Waals surface area contributed by atoms with Crippen molar-refractivity contribution in [1.82, 2.24) is 4.98 Å². The van der Waals surface area contributed by atoms with Crippen molar-refractivity contribution in [2.45, 2.75) is 0 Å². The minimum atomic E-state index is -1.13.